The highest BCUT2D eigenvalue weighted by Crippen LogP contribution is 2.50. The minimum atomic E-state index is -0.0123. The van der Waals surface area contributed by atoms with E-state index in [1.165, 1.54) is 60.7 Å². The highest BCUT2D eigenvalue weighted by atomic mass is 14.9. The summed E-state index contributed by atoms with van der Waals surface area (Å²) in [6.07, 6.45) is 0. The fraction of sp³-hybridized carbons (Fsp3) is 0.0588. The van der Waals surface area contributed by atoms with Crippen LogP contribution >= 0.6 is 0 Å². The molecule has 2 heteroatoms. The van der Waals surface area contributed by atoms with Crippen molar-refractivity contribution in [3.8, 4) is 67.3 Å². The van der Waals surface area contributed by atoms with Crippen LogP contribution in [-0.2, 0) is 5.41 Å². The number of hydrogen-bond acceptors (Lipinski definition) is 2. The van der Waals surface area contributed by atoms with Crippen molar-refractivity contribution in [2.45, 2.75) is 19.3 Å². The molecule has 1 aliphatic carbocycles. The van der Waals surface area contributed by atoms with Crippen LogP contribution in [0.1, 0.15) is 25.0 Å². The van der Waals surface area contributed by atoms with Gasteiger partial charge in [0.1, 0.15) is 0 Å². The summed E-state index contributed by atoms with van der Waals surface area (Å²) in [5, 5.41) is 4.85. The quantitative estimate of drug-likeness (QED) is 0.181. The summed E-state index contributed by atoms with van der Waals surface area (Å²) < 4.78 is 0. The Balaban J connectivity index is 1.13. The molecule has 8 aromatic carbocycles. The van der Waals surface area contributed by atoms with Crippen molar-refractivity contribution in [1.29, 1.82) is 0 Å². The number of aromatic nitrogens is 2. The van der Waals surface area contributed by atoms with Crippen molar-refractivity contribution in [1.82, 2.24) is 9.97 Å². The lowest BCUT2D eigenvalue weighted by Gasteiger charge is -2.21. The number of benzene rings is 8. The van der Waals surface area contributed by atoms with Crippen molar-refractivity contribution >= 4 is 21.5 Å². The molecule has 0 bridgehead atoms. The van der Waals surface area contributed by atoms with Gasteiger partial charge in [0.2, 0.25) is 0 Å². The van der Waals surface area contributed by atoms with E-state index < -0.39 is 0 Å². The molecule has 0 radical (unpaired) electrons. The molecule has 0 saturated heterocycles. The molecule has 0 atom stereocenters. The Labute approximate surface area is 310 Å². The van der Waals surface area contributed by atoms with Gasteiger partial charge >= 0.3 is 0 Å². The molecule has 0 aliphatic heterocycles. The second-order valence-electron chi connectivity index (χ2n) is 14.5. The molecule has 53 heavy (non-hydrogen) atoms. The molecule has 0 unspecified atom stereocenters. The molecule has 9 aromatic rings. The largest absolute Gasteiger partial charge is 0.228 e. The fourth-order valence-corrected chi connectivity index (χ4v) is 8.49. The Bertz CT molecular complexity index is 2790. The second-order valence-corrected chi connectivity index (χ2v) is 14.5. The van der Waals surface area contributed by atoms with E-state index in [1.807, 2.05) is 24.3 Å². The van der Waals surface area contributed by atoms with Gasteiger partial charge in [-0.2, -0.15) is 0 Å². The lowest BCUT2D eigenvalue weighted by molar-refractivity contribution is 0.660. The Morgan fingerprint density at radius 1 is 0.321 bits per heavy atom. The van der Waals surface area contributed by atoms with E-state index in [1.54, 1.807) is 0 Å². The summed E-state index contributed by atoms with van der Waals surface area (Å²) in [6, 6.07) is 65.4. The van der Waals surface area contributed by atoms with E-state index in [2.05, 4.69) is 172 Å². The molecule has 0 fully saturated rings. The molecule has 0 N–H and O–H groups in total. The van der Waals surface area contributed by atoms with E-state index in [0.29, 0.717) is 0 Å². The minimum Gasteiger partial charge on any atom is -0.228 e. The highest BCUT2D eigenvalue weighted by molar-refractivity contribution is 6.12. The van der Waals surface area contributed by atoms with Gasteiger partial charge in [0.25, 0.3) is 0 Å². The van der Waals surface area contributed by atoms with Crippen LogP contribution in [-0.4, -0.2) is 9.97 Å². The third-order valence-corrected chi connectivity index (χ3v) is 11.1. The summed E-state index contributed by atoms with van der Waals surface area (Å²) in [4.78, 5) is 10.2. The van der Waals surface area contributed by atoms with Gasteiger partial charge in [0.15, 0.2) is 5.82 Å². The molecule has 1 heterocycles. The number of nitrogens with zero attached hydrogens (tertiary/aromatic N) is 2. The van der Waals surface area contributed by atoms with Gasteiger partial charge < -0.3 is 0 Å². The average molecular weight is 677 g/mol. The third kappa shape index (κ3) is 5.10. The summed E-state index contributed by atoms with van der Waals surface area (Å²) >= 11 is 0. The predicted octanol–water partition coefficient (Wildman–Crippen LogP) is 13.4. The molecular formula is C51H36N2. The van der Waals surface area contributed by atoms with Crippen LogP contribution in [0.5, 0.6) is 0 Å². The van der Waals surface area contributed by atoms with Crippen LogP contribution < -0.4 is 0 Å². The molecule has 250 valence electrons. The first-order chi connectivity index (χ1) is 26.0. The zero-order valence-electron chi connectivity index (χ0n) is 29.7. The van der Waals surface area contributed by atoms with E-state index in [9.17, 15) is 0 Å². The van der Waals surface area contributed by atoms with Crippen LogP contribution in [0.25, 0.3) is 88.8 Å². The molecule has 0 amide bonds. The summed E-state index contributed by atoms with van der Waals surface area (Å²) in [5.41, 5.74) is 15.3. The van der Waals surface area contributed by atoms with Crippen LogP contribution in [0.2, 0.25) is 0 Å². The maximum absolute atomic E-state index is 5.18. The number of hydrogen-bond donors (Lipinski definition) is 0. The zero-order valence-corrected chi connectivity index (χ0v) is 29.7. The second kappa shape index (κ2) is 12.3. The smallest absolute Gasteiger partial charge is 0.160 e. The van der Waals surface area contributed by atoms with Gasteiger partial charge in [0, 0.05) is 22.1 Å². The van der Waals surface area contributed by atoms with E-state index in [-0.39, 0.29) is 5.41 Å². The van der Waals surface area contributed by atoms with Crippen molar-refractivity contribution in [3.63, 3.8) is 0 Å². The normalized spacial score (nSPS) is 12.9. The van der Waals surface area contributed by atoms with Gasteiger partial charge in [-0.3, -0.25) is 0 Å². The van der Waals surface area contributed by atoms with Crippen molar-refractivity contribution in [3.05, 3.63) is 193 Å². The highest BCUT2D eigenvalue weighted by Gasteiger charge is 2.35. The summed E-state index contributed by atoms with van der Waals surface area (Å²) in [6.45, 7) is 4.68. The summed E-state index contributed by atoms with van der Waals surface area (Å²) in [7, 11) is 0. The molecule has 2 nitrogen and oxygen atoms in total. The van der Waals surface area contributed by atoms with Crippen molar-refractivity contribution in [2.24, 2.45) is 0 Å². The topological polar surface area (TPSA) is 25.8 Å². The van der Waals surface area contributed by atoms with Gasteiger partial charge in [-0.25, -0.2) is 9.97 Å². The lowest BCUT2D eigenvalue weighted by Crippen LogP contribution is -2.14. The Kier molecular flexibility index (Phi) is 7.19. The van der Waals surface area contributed by atoms with E-state index >= 15 is 0 Å². The summed E-state index contributed by atoms with van der Waals surface area (Å²) in [5.74, 6) is 0.718. The first-order valence-electron chi connectivity index (χ1n) is 18.3. The molecule has 10 rings (SSSR count). The fourth-order valence-electron chi connectivity index (χ4n) is 8.49. The Morgan fingerprint density at radius 3 is 1.49 bits per heavy atom. The van der Waals surface area contributed by atoms with Crippen molar-refractivity contribution in [2.75, 3.05) is 0 Å². The van der Waals surface area contributed by atoms with Gasteiger partial charge in [-0.1, -0.05) is 184 Å². The van der Waals surface area contributed by atoms with Gasteiger partial charge in [-0.15, -0.1) is 0 Å². The molecule has 1 aromatic heterocycles. The van der Waals surface area contributed by atoms with Crippen molar-refractivity contribution < 1.29 is 0 Å². The molecule has 1 aliphatic rings. The Hall–Kier alpha value is -6.64. The maximum atomic E-state index is 5.18. The molecular weight excluding hydrogens is 641 g/mol. The first-order valence-corrected chi connectivity index (χ1v) is 18.3. The van der Waals surface area contributed by atoms with Gasteiger partial charge in [0.05, 0.1) is 11.4 Å². The van der Waals surface area contributed by atoms with E-state index in [4.69, 9.17) is 9.97 Å². The van der Waals surface area contributed by atoms with E-state index in [0.717, 1.165) is 39.3 Å². The van der Waals surface area contributed by atoms with Crippen LogP contribution in [0.4, 0.5) is 0 Å². The van der Waals surface area contributed by atoms with Crippen LogP contribution in [0.3, 0.4) is 0 Å². The first kappa shape index (κ1) is 31.1. The molecule has 0 spiro atoms. The minimum absolute atomic E-state index is 0.0123. The lowest BCUT2D eigenvalue weighted by atomic mass is 9.82. The maximum Gasteiger partial charge on any atom is 0.160 e. The SMILES string of the molecule is CC1(C)c2ccccc2-c2cc(-c3ccc(-c4ccc(-c5cc(-c6ccccc6)nc(-c6ccccc6)n5)c5ccccc45)c4ccccc34)ccc21. The number of fused-ring (bicyclic) bond motifs is 5. The predicted molar refractivity (Wildman–Crippen MR) is 222 cm³/mol. The van der Waals surface area contributed by atoms with Crippen LogP contribution in [0.15, 0.2) is 182 Å². The standard InChI is InChI=1S/C51H36N2/c1-51(2)46-24-14-13-23-43(46)45-31-35(25-30-47(45)51)36-26-27-41(38-20-10-9-19-37(36)38)42-28-29-44(40-22-12-11-21-39(40)42)49-32-48(33-15-5-3-6-16-33)52-50(53-49)34-17-7-4-8-18-34/h3-32H,1-2H3. The monoisotopic (exact) mass is 676 g/mol. The Morgan fingerprint density at radius 2 is 0.811 bits per heavy atom. The number of rotatable bonds is 5. The molecule has 0 saturated carbocycles. The third-order valence-electron chi connectivity index (χ3n) is 11.1. The van der Waals surface area contributed by atoms with Crippen LogP contribution in [0, 0.1) is 0 Å². The zero-order chi connectivity index (χ0) is 35.5. The van der Waals surface area contributed by atoms with Gasteiger partial charge in [-0.05, 0) is 78.2 Å². The average Bonchev–Trinajstić information content (AvgIpc) is 3.46.